The number of nitrogens with one attached hydrogen (secondary N) is 2. The molecule has 26 heavy (non-hydrogen) atoms. The zero-order chi connectivity index (χ0) is 18.1. The zero-order valence-corrected chi connectivity index (χ0v) is 15.4. The summed E-state index contributed by atoms with van der Waals surface area (Å²) >= 11 is 0. The maximum atomic E-state index is 12.4. The van der Waals surface area contributed by atoms with Crippen molar-refractivity contribution >= 4 is 22.3 Å². The van der Waals surface area contributed by atoms with Crippen LogP contribution in [-0.2, 0) is 6.54 Å². The third-order valence-corrected chi connectivity index (χ3v) is 5.34. The summed E-state index contributed by atoms with van der Waals surface area (Å²) in [5, 5.41) is 4.50. The molecule has 1 aromatic heterocycles. The first-order valence-electron chi connectivity index (χ1n) is 9.33. The number of fused-ring (bicyclic) bond motifs is 1. The maximum Gasteiger partial charge on any atom is 0.253 e. The molecule has 1 aliphatic heterocycles. The van der Waals surface area contributed by atoms with Gasteiger partial charge in [0.05, 0.1) is 5.52 Å². The minimum absolute atomic E-state index is 0.0209. The van der Waals surface area contributed by atoms with Gasteiger partial charge >= 0.3 is 0 Å². The molecule has 1 aliphatic rings. The van der Waals surface area contributed by atoms with Crippen LogP contribution in [0, 0.1) is 13.8 Å². The molecule has 0 radical (unpaired) electrons. The normalized spacial score (nSPS) is 14.2. The first-order valence-corrected chi connectivity index (χ1v) is 9.33. The number of H-pyrrole nitrogens is 1. The largest absolute Gasteiger partial charge is 0.381 e. The Labute approximate surface area is 153 Å². The maximum absolute atomic E-state index is 12.4. The lowest BCUT2D eigenvalue weighted by Gasteiger charge is -2.18. The summed E-state index contributed by atoms with van der Waals surface area (Å²) in [6, 6.07) is 14.7. The van der Waals surface area contributed by atoms with E-state index >= 15 is 0 Å². The first kappa shape index (κ1) is 16.7. The van der Waals surface area contributed by atoms with E-state index in [9.17, 15) is 4.79 Å². The van der Waals surface area contributed by atoms with E-state index in [1.807, 2.05) is 19.1 Å². The molecule has 2 aromatic carbocycles. The van der Waals surface area contributed by atoms with Crippen molar-refractivity contribution in [3.63, 3.8) is 0 Å². The Morgan fingerprint density at radius 2 is 1.69 bits per heavy atom. The highest BCUT2D eigenvalue weighted by molar-refractivity contribution is 5.85. The molecule has 2 heterocycles. The lowest BCUT2D eigenvalue weighted by Crippen LogP contribution is -2.17. The number of hydrogen-bond acceptors (Lipinski definition) is 3. The van der Waals surface area contributed by atoms with Gasteiger partial charge in [-0.25, -0.2) is 0 Å². The van der Waals surface area contributed by atoms with E-state index in [1.165, 1.54) is 24.1 Å². The lowest BCUT2D eigenvalue weighted by atomic mass is 10.0. The van der Waals surface area contributed by atoms with Gasteiger partial charge in [-0.3, -0.25) is 4.79 Å². The number of aromatic amines is 1. The number of hydrogen-bond donors (Lipinski definition) is 2. The summed E-state index contributed by atoms with van der Waals surface area (Å²) in [5.41, 5.74) is 6.27. The average Bonchev–Trinajstić information content (AvgIpc) is 3.19. The summed E-state index contributed by atoms with van der Waals surface area (Å²) in [6.45, 7) is 6.92. The standard InChI is InChI=1S/C22H25N3O/c1-15-5-6-16(2)21-20(15)13-17(22(26)24-21)14-23-18-7-9-19(10-8-18)25-11-3-4-12-25/h5-10,13,23H,3-4,11-12,14H2,1-2H3,(H,24,26). The number of anilines is 2. The molecule has 4 rings (SSSR count). The third-order valence-electron chi connectivity index (χ3n) is 5.34. The van der Waals surface area contributed by atoms with Gasteiger partial charge in [0.2, 0.25) is 0 Å². The van der Waals surface area contributed by atoms with Crippen molar-refractivity contribution in [2.24, 2.45) is 0 Å². The fourth-order valence-electron chi connectivity index (χ4n) is 3.71. The average molecular weight is 347 g/mol. The highest BCUT2D eigenvalue weighted by Crippen LogP contribution is 2.23. The molecule has 1 fully saturated rings. The minimum Gasteiger partial charge on any atom is -0.381 e. The van der Waals surface area contributed by atoms with E-state index in [-0.39, 0.29) is 5.56 Å². The Hall–Kier alpha value is -2.75. The molecule has 2 N–H and O–H groups in total. The molecular formula is C22H25N3O. The molecular weight excluding hydrogens is 322 g/mol. The van der Waals surface area contributed by atoms with Crippen molar-refractivity contribution < 1.29 is 0 Å². The zero-order valence-electron chi connectivity index (χ0n) is 15.4. The third kappa shape index (κ3) is 3.19. The first-order chi connectivity index (χ1) is 12.6. The Kier molecular flexibility index (Phi) is 4.41. The van der Waals surface area contributed by atoms with Crippen LogP contribution >= 0.6 is 0 Å². The lowest BCUT2D eigenvalue weighted by molar-refractivity contribution is 0.949. The topological polar surface area (TPSA) is 48.1 Å². The van der Waals surface area contributed by atoms with Crippen LogP contribution in [0.4, 0.5) is 11.4 Å². The number of benzene rings is 2. The summed E-state index contributed by atoms with van der Waals surface area (Å²) in [4.78, 5) is 17.9. The molecule has 0 saturated carbocycles. The number of nitrogens with zero attached hydrogens (tertiary/aromatic N) is 1. The number of pyridine rings is 1. The van der Waals surface area contributed by atoms with Gasteiger partial charge in [0, 0.05) is 42.0 Å². The number of aryl methyl sites for hydroxylation is 2. The van der Waals surface area contributed by atoms with Crippen LogP contribution in [0.25, 0.3) is 10.9 Å². The van der Waals surface area contributed by atoms with E-state index in [2.05, 4.69) is 52.5 Å². The van der Waals surface area contributed by atoms with E-state index in [0.29, 0.717) is 6.54 Å². The SMILES string of the molecule is Cc1ccc(C)c2[nH]c(=O)c(CNc3ccc(N4CCCC4)cc3)cc12. The van der Waals surface area contributed by atoms with Gasteiger partial charge in [-0.1, -0.05) is 12.1 Å². The quantitative estimate of drug-likeness (QED) is 0.737. The van der Waals surface area contributed by atoms with Crippen LogP contribution in [0.5, 0.6) is 0 Å². The van der Waals surface area contributed by atoms with Gasteiger partial charge in [-0.2, -0.15) is 0 Å². The van der Waals surface area contributed by atoms with Crippen molar-refractivity contribution in [2.75, 3.05) is 23.3 Å². The summed E-state index contributed by atoms with van der Waals surface area (Å²) < 4.78 is 0. The molecule has 4 nitrogen and oxygen atoms in total. The van der Waals surface area contributed by atoms with Crippen molar-refractivity contribution in [3.05, 3.63) is 69.5 Å². The van der Waals surface area contributed by atoms with E-state index < -0.39 is 0 Å². The smallest absolute Gasteiger partial charge is 0.253 e. The number of rotatable bonds is 4. The van der Waals surface area contributed by atoms with Gasteiger partial charge in [0.25, 0.3) is 5.56 Å². The molecule has 0 amide bonds. The van der Waals surface area contributed by atoms with Crippen molar-refractivity contribution in [1.29, 1.82) is 0 Å². The summed E-state index contributed by atoms with van der Waals surface area (Å²) in [7, 11) is 0. The molecule has 0 atom stereocenters. The Morgan fingerprint density at radius 1 is 1.00 bits per heavy atom. The molecule has 0 bridgehead atoms. The summed E-state index contributed by atoms with van der Waals surface area (Å²) in [5.74, 6) is 0. The van der Waals surface area contributed by atoms with Gasteiger partial charge in [-0.05, 0) is 68.1 Å². The van der Waals surface area contributed by atoms with Crippen LogP contribution in [0.15, 0.2) is 47.3 Å². The van der Waals surface area contributed by atoms with Crippen molar-refractivity contribution in [2.45, 2.75) is 33.2 Å². The Balaban J connectivity index is 1.53. The molecule has 0 unspecified atom stereocenters. The van der Waals surface area contributed by atoms with Gasteiger partial charge in [0.15, 0.2) is 0 Å². The minimum atomic E-state index is -0.0209. The highest BCUT2D eigenvalue weighted by Gasteiger charge is 2.12. The van der Waals surface area contributed by atoms with Crippen LogP contribution in [0.2, 0.25) is 0 Å². The Bertz CT molecular complexity index is 983. The van der Waals surface area contributed by atoms with Crippen molar-refractivity contribution in [1.82, 2.24) is 4.98 Å². The number of aromatic nitrogens is 1. The van der Waals surface area contributed by atoms with Crippen molar-refractivity contribution in [3.8, 4) is 0 Å². The highest BCUT2D eigenvalue weighted by atomic mass is 16.1. The van der Waals surface area contributed by atoms with Gasteiger partial charge < -0.3 is 15.2 Å². The van der Waals surface area contributed by atoms with E-state index in [1.54, 1.807) is 0 Å². The van der Waals surface area contributed by atoms with Gasteiger partial charge in [-0.15, -0.1) is 0 Å². The van der Waals surface area contributed by atoms with E-state index in [0.717, 1.165) is 40.8 Å². The second kappa shape index (κ2) is 6.87. The predicted octanol–water partition coefficient (Wildman–Crippen LogP) is 4.36. The monoisotopic (exact) mass is 347 g/mol. The fourth-order valence-corrected chi connectivity index (χ4v) is 3.71. The Morgan fingerprint density at radius 3 is 2.42 bits per heavy atom. The molecule has 134 valence electrons. The van der Waals surface area contributed by atoms with Crippen LogP contribution in [0.3, 0.4) is 0 Å². The molecule has 1 saturated heterocycles. The second-order valence-electron chi connectivity index (χ2n) is 7.21. The fraction of sp³-hybridized carbons (Fsp3) is 0.318. The molecule has 0 aliphatic carbocycles. The second-order valence-corrected chi connectivity index (χ2v) is 7.21. The predicted molar refractivity (Wildman–Crippen MR) is 109 cm³/mol. The molecule has 3 aromatic rings. The van der Waals surface area contributed by atoms with Crippen LogP contribution in [-0.4, -0.2) is 18.1 Å². The van der Waals surface area contributed by atoms with Crippen LogP contribution in [0.1, 0.15) is 29.5 Å². The molecule has 0 spiro atoms. The van der Waals surface area contributed by atoms with E-state index in [4.69, 9.17) is 0 Å². The summed E-state index contributed by atoms with van der Waals surface area (Å²) in [6.07, 6.45) is 2.56. The molecule has 4 heteroatoms. The van der Waals surface area contributed by atoms with Crippen LogP contribution < -0.4 is 15.8 Å². The van der Waals surface area contributed by atoms with Gasteiger partial charge in [0.1, 0.15) is 0 Å².